The van der Waals surface area contributed by atoms with Crippen LogP contribution in [0.15, 0.2) is 55.2 Å². The van der Waals surface area contributed by atoms with E-state index in [9.17, 15) is 0 Å². The number of hydrogen-bond donors (Lipinski definition) is 0. The maximum absolute atomic E-state index is 6.30. The molecule has 2 aliphatic rings. The van der Waals surface area contributed by atoms with Crippen molar-refractivity contribution in [2.45, 2.75) is 31.3 Å². The molecule has 0 radical (unpaired) electrons. The van der Waals surface area contributed by atoms with E-state index in [0.717, 1.165) is 22.5 Å². The summed E-state index contributed by atoms with van der Waals surface area (Å²) in [6.07, 6.45) is 12.2. The second-order valence-corrected chi connectivity index (χ2v) is 8.06. The molecule has 0 bridgehead atoms. The fourth-order valence-electron chi connectivity index (χ4n) is 4.08. The zero-order valence-corrected chi connectivity index (χ0v) is 17.2. The van der Waals surface area contributed by atoms with E-state index in [1.54, 1.807) is 19.5 Å². The molecule has 0 N–H and O–H groups in total. The molecule has 156 valence electrons. The number of rotatable bonds is 5. The Bertz CT molecular complexity index is 1230. The van der Waals surface area contributed by atoms with E-state index < -0.39 is 0 Å². The van der Waals surface area contributed by atoms with Gasteiger partial charge in [-0.2, -0.15) is 0 Å². The number of imidazole rings is 1. The SMILES string of the molecule is COc1cc(Cc2cnc3cnccn23)cc2c1OC(c1ccc(C3CC3)nc1)CO2. The van der Waals surface area contributed by atoms with Crippen molar-refractivity contribution in [3.05, 3.63) is 77.8 Å². The fourth-order valence-corrected chi connectivity index (χ4v) is 4.08. The smallest absolute Gasteiger partial charge is 0.204 e. The van der Waals surface area contributed by atoms with E-state index in [1.165, 1.54) is 18.5 Å². The van der Waals surface area contributed by atoms with Gasteiger partial charge in [0.2, 0.25) is 5.75 Å². The fraction of sp³-hybridized carbons (Fsp3) is 0.292. The summed E-state index contributed by atoms with van der Waals surface area (Å²) < 4.78 is 20.1. The van der Waals surface area contributed by atoms with E-state index in [4.69, 9.17) is 14.2 Å². The first kappa shape index (κ1) is 18.2. The molecule has 1 fully saturated rings. The minimum atomic E-state index is -0.209. The highest BCUT2D eigenvalue weighted by Crippen LogP contribution is 2.45. The Kier molecular flexibility index (Phi) is 4.26. The topological polar surface area (TPSA) is 70.8 Å². The second kappa shape index (κ2) is 7.27. The van der Waals surface area contributed by atoms with Crippen LogP contribution in [0.3, 0.4) is 0 Å². The van der Waals surface area contributed by atoms with Crippen molar-refractivity contribution in [1.29, 1.82) is 0 Å². The molecule has 4 aromatic rings. The van der Waals surface area contributed by atoms with Gasteiger partial charge < -0.3 is 18.6 Å². The van der Waals surface area contributed by atoms with Gasteiger partial charge in [0.25, 0.3) is 0 Å². The largest absolute Gasteiger partial charge is 0.493 e. The van der Waals surface area contributed by atoms with Gasteiger partial charge in [-0.1, -0.05) is 6.07 Å². The zero-order chi connectivity index (χ0) is 20.8. The molecule has 6 rings (SSSR count). The van der Waals surface area contributed by atoms with Crippen molar-refractivity contribution in [2.24, 2.45) is 0 Å². The zero-order valence-electron chi connectivity index (χ0n) is 17.2. The van der Waals surface area contributed by atoms with Crippen LogP contribution in [0.4, 0.5) is 0 Å². The Labute approximate surface area is 179 Å². The summed E-state index contributed by atoms with van der Waals surface area (Å²) in [5.41, 5.74) is 5.14. The molecule has 7 heteroatoms. The maximum Gasteiger partial charge on any atom is 0.204 e. The molecule has 1 atom stereocenters. The minimum absolute atomic E-state index is 0.209. The van der Waals surface area contributed by atoms with Gasteiger partial charge in [-0.3, -0.25) is 9.97 Å². The van der Waals surface area contributed by atoms with Gasteiger partial charge in [0.15, 0.2) is 23.3 Å². The van der Waals surface area contributed by atoms with Gasteiger partial charge in [-0.15, -0.1) is 0 Å². The van der Waals surface area contributed by atoms with Gasteiger partial charge in [0, 0.05) is 54.1 Å². The summed E-state index contributed by atoms with van der Waals surface area (Å²) >= 11 is 0. The third-order valence-electron chi connectivity index (χ3n) is 5.91. The molecule has 0 amide bonds. The minimum Gasteiger partial charge on any atom is -0.493 e. The molecule has 0 spiro atoms. The summed E-state index contributed by atoms with van der Waals surface area (Å²) in [7, 11) is 1.65. The third kappa shape index (κ3) is 3.36. The van der Waals surface area contributed by atoms with Crippen LogP contribution in [0, 0.1) is 0 Å². The normalized spacial score (nSPS) is 17.6. The third-order valence-corrected chi connectivity index (χ3v) is 5.91. The van der Waals surface area contributed by atoms with Crippen LogP contribution < -0.4 is 14.2 Å². The lowest BCUT2D eigenvalue weighted by Crippen LogP contribution is -2.22. The van der Waals surface area contributed by atoms with Gasteiger partial charge >= 0.3 is 0 Å². The first-order valence-corrected chi connectivity index (χ1v) is 10.5. The van der Waals surface area contributed by atoms with Gasteiger partial charge in [-0.25, -0.2) is 4.98 Å². The number of aromatic nitrogens is 4. The number of ether oxygens (including phenoxy) is 3. The van der Waals surface area contributed by atoms with Crippen LogP contribution in [0.5, 0.6) is 17.2 Å². The molecule has 0 saturated heterocycles. The number of nitrogens with zero attached hydrogens (tertiary/aromatic N) is 4. The summed E-state index contributed by atoms with van der Waals surface area (Å²) in [5.74, 6) is 2.64. The molecule has 1 aliphatic carbocycles. The molecule has 7 nitrogen and oxygen atoms in total. The van der Waals surface area contributed by atoms with Crippen LogP contribution in [0.25, 0.3) is 5.65 Å². The van der Waals surface area contributed by atoms with Crippen molar-refractivity contribution < 1.29 is 14.2 Å². The Morgan fingerprint density at radius 2 is 2.06 bits per heavy atom. The number of benzene rings is 1. The molecular weight excluding hydrogens is 392 g/mol. The average molecular weight is 414 g/mol. The molecule has 4 heterocycles. The Morgan fingerprint density at radius 1 is 1.13 bits per heavy atom. The standard InChI is InChI=1S/C24H22N4O3/c1-29-20-9-15(8-18-12-27-23-13-25-6-7-28(18)23)10-21-24(20)31-22(14-30-21)17-4-5-19(26-11-17)16-2-3-16/h4-7,9-13,16,22H,2-3,8,14H2,1H3. The number of hydrogen-bond acceptors (Lipinski definition) is 6. The first-order valence-electron chi connectivity index (χ1n) is 10.5. The molecule has 31 heavy (non-hydrogen) atoms. The number of pyridine rings is 1. The highest BCUT2D eigenvalue weighted by molar-refractivity contribution is 5.55. The number of fused-ring (bicyclic) bond motifs is 2. The molecular formula is C24H22N4O3. The first-order chi connectivity index (χ1) is 15.3. The molecule has 3 aromatic heterocycles. The van der Waals surface area contributed by atoms with Gasteiger partial charge in [0.05, 0.1) is 13.3 Å². The van der Waals surface area contributed by atoms with E-state index in [-0.39, 0.29) is 6.10 Å². The molecule has 1 aliphatic heterocycles. The number of methoxy groups -OCH3 is 1. The maximum atomic E-state index is 6.30. The lowest BCUT2D eigenvalue weighted by molar-refractivity contribution is 0.0867. The van der Waals surface area contributed by atoms with Crippen molar-refractivity contribution >= 4 is 5.65 Å². The Morgan fingerprint density at radius 3 is 2.87 bits per heavy atom. The monoisotopic (exact) mass is 414 g/mol. The van der Waals surface area contributed by atoms with Gasteiger partial charge in [0.1, 0.15) is 6.61 Å². The van der Waals surface area contributed by atoms with Crippen molar-refractivity contribution in [2.75, 3.05) is 13.7 Å². The molecule has 1 unspecified atom stereocenters. The highest BCUT2D eigenvalue weighted by atomic mass is 16.6. The van der Waals surface area contributed by atoms with Crippen molar-refractivity contribution in [1.82, 2.24) is 19.4 Å². The summed E-state index contributed by atoms with van der Waals surface area (Å²) in [5, 5.41) is 0. The van der Waals surface area contributed by atoms with E-state index in [0.29, 0.717) is 36.2 Å². The van der Waals surface area contributed by atoms with Crippen LogP contribution in [0.2, 0.25) is 0 Å². The Hall–Kier alpha value is -3.61. The molecule has 1 aromatic carbocycles. The van der Waals surface area contributed by atoms with Crippen molar-refractivity contribution in [3.63, 3.8) is 0 Å². The van der Waals surface area contributed by atoms with Crippen LogP contribution >= 0.6 is 0 Å². The lowest BCUT2D eigenvalue weighted by atomic mass is 10.1. The van der Waals surface area contributed by atoms with Crippen LogP contribution in [0.1, 0.15) is 47.4 Å². The van der Waals surface area contributed by atoms with E-state index in [2.05, 4.69) is 27.1 Å². The van der Waals surface area contributed by atoms with Crippen LogP contribution in [-0.4, -0.2) is 33.1 Å². The van der Waals surface area contributed by atoms with E-state index >= 15 is 0 Å². The summed E-state index contributed by atoms with van der Waals surface area (Å²) in [6.45, 7) is 0.436. The van der Waals surface area contributed by atoms with Gasteiger partial charge in [-0.05, 0) is 36.6 Å². The van der Waals surface area contributed by atoms with Crippen molar-refractivity contribution in [3.8, 4) is 17.2 Å². The van der Waals surface area contributed by atoms with E-state index in [1.807, 2.05) is 35.1 Å². The molecule has 1 saturated carbocycles. The average Bonchev–Trinajstić information content (AvgIpc) is 3.60. The summed E-state index contributed by atoms with van der Waals surface area (Å²) in [4.78, 5) is 13.2. The highest BCUT2D eigenvalue weighted by Gasteiger charge is 2.28. The predicted molar refractivity (Wildman–Crippen MR) is 114 cm³/mol. The second-order valence-electron chi connectivity index (χ2n) is 8.06. The Balaban J connectivity index is 1.27. The quantitative estimate of drug-likeness (QED) is 0.489. The summed E-state index contributed by atoms with van der Waals surface area (Å²) in [6, 6.07) is 8.22. The lowest BCUT2D eigenvalue weighted by Gasteiger charge is -2.28. The predicted octanol–water partition coefficient (Wildman–Crippen LogP) is 4.11. The van der Waals surface area contributed by atoms with Crippen LogP contribution in [-0.2, 0) is 6.42 Å².